The molecule has 2 rings (SSSR count). The topological polar surface area (TPSA) is 78.9 Å². The third kappa shape index (κ3) is 2.79. The lowest BCUT2D eigenvalue weighted by Crippen LogP contribution is -2.02. The molecule has 0 saturated carbocycles. The molecule has 17 heavy (non-hydrogen) atoms. The Morgan fingerprint density at radius 3 is 2.88 bits per heavy atom. The molecule has 0 aliphatic rings. The number of rotatable bonds is 4. The first-order valence-corrected chi connectivity index (χ1v) is 5.34. The number of hydrogen-bond donors (Lipinski definition) is 1. The van der Waals surface area contributed by atoms with Crippen molar-refractivity contribution in [1.29, 1.82) is 0 Å². The van der Waals surface area contributed by atoms with E-state index in [9.17, 15) is 0 Å². The highest BCUT2D eigenvalue weighted by Gasteiger charge is 2.04. The minimum atomic E-state index is 0.308. The molecule has 90 valence electrons. The summed E-state index contributed by atoms with van der Waals surface area (Å²) in [4.78, 5) is 1.40. The van der Waals surface area contributed by atoms with E-state index in [0.717, 1.165) is 16.9 Å². The Morgan fingerprint density at radius 2 is 2.24 bits per heavy atom. The van der Waals surface area contributed by atoms with Gasteiger partial charge in [-0.2, -0.15) is 4.80 Å². The Kier molecular flexibility index (Phi) is 3.34. The average Bonchev–Trinajstić information content (AvgIpc) is 2.74. The first kappa shape index (κ1) is 11.5. The van der Waals surface area contributed by atoms with Crippen LogP contribution in [-0.4, -0.2) is 20.2 Å². The zero-order chi connectivity index (χ0) is 12.3. The molecule has 1 aromatic carbocycles. The second-order valence-electron chi connectivity index (χ2n) is 3.79. The molecule has 0 aliphatic carbocycles. The van der Waals surface area contributed by atoms with Crippen molar-refractivity contribution in [2.24, 2.45) is 12.8 Å². The van der Waals surface area contributed by atoms with Crippen molar-refractivity contribution in [3.8, 4) is 5.75 Å². The maximum absolute atomic E-state index is 5.64. The standard InChI is InChI=1S/C11H15N5O/c1-8-3-4-9(6-12)5-10(8)17-7-11-13-15-16(2)14-11/h3-5H,6-7,12H2,1-2H3. The molecular formula is C11H15N5O. The van der Waals surface area contributed by atoms with E-state index in [0.29, 0.717) is 19.0 Å². The van der Waals surface area contributed by atoms with Crippen molar-refractivity contribution in [3.63, 3.8) is 0 Å². The van der Waals surface area contributed by atoms with Gasteiger partial charge < -0.3 is 10.5 Å². The number of aromatic nitrogens is 4. The molecule has 0 radical (unpaired) electrons. The zero-order valence-electron chi connectivity index (χ0n) is 9.92. The highest BCUT2D eigenvalue weighted by atomic mass is 16.5. The largest absolute Gasteiger partial charge is 0.485 e. The lowest BCUT2D eigenvalue weighted by molar-refractivity contribution is 0.293. The molecule has 0 fully saturated rings. The number of nitrogens with two attached hydrogens (primary N) is 1. The highest BCUT2D eigenvalue weighted by molar-refractivity contribution is 5.36. The fourth-order valence-corrected chi connectivity index (χ4v) is 1.45. The Morgan fingerprint density at radius 1 is 1.41 bits per heavy atom. The number of benzene rings is 1. The van der Waals surface area contributed by atoms with Crippen LogP contribution in [0.25, 0.3) is 0 Å². The van der Waals surface area contributed by atoms with Crippen LogP contribution < -0.4 is 10.5 Å². The lowest BCUT2D eigenvalue weighted by Gasteiger charge is -2.08. The predicted octanol–water partition coefficient (Wildman–Crippen LogP) is 0.556. The number of tetrazole rings is 1. The van der Waals surface area contributed by atoms with Crippen LogP contribution in [0.3, 0.4) is 0 Å². The summed E-state index contributed by atoms with van der Waals surface area (Å²) in [6, 6.07) is 5.91. The molecule has 6 heteroatoms. The smallest absolute Gasteiger partial charge is 0.212 e. The van der Waals surface area contributed by atoms with Gasteiger partial charge in [0.1, 0.15) is 5.75 Å². The Labute approximate surface area is 99.4 Å². The molecule has 1 aromatic heterocycles. The van der Waals surface area contributed by atoms with Crippen LogP contribution in [0.5, 0.6) is 5.75 Å². The number of nitrogens with zero attached hydrogens (tertiary/aromatic N) is 4. The zero-order valence-corrected chi connectivity index (χ0v) is 9.92. The molecule has 0 bridgehead atoms. The molecule has 0 saturated heterocycles. The molecular weight excluding hydrogens is 218 g/mol. The van der Waals surface area contributed by atoms with E-state index < -0.39 is 0 Å². The maximum Gasteiger partial charge on any atom is 0.212 e. The van der Waals surface area contributed by atoms with Gasteiger partial charge in [0.25, 0.3) is 0 Å². The van der Waals surface area contributed by atoms with Crippen molar-refractivity contribution in [1.82, 2.24) is 20.2 Å². The quantitative estimate of drug-likeness (QED) is 0.834. The SMILES string of the molecule is Cc1ccc(CN)cc1OCc1nnn(C)n1. The molecule has 6 nitrogen and oxygen atoms in total. The van der Waals surface area contributed by atoms with Crippen molar-refractivity contribution in [2.45, 2.75) is 20.1 Å². The van der Waals surface area contributed by atoms with Gasteiger partial charge in [0.05, 0.1) is 7.05 Å². The van der Waals surface area contributed by atoms with E-state index >= 15 is 0 Å². The summed E-state index contributed by atoms with van der Waals surface area (Å²) in [6.45, 7) is 2.79. The Balaban J connectivity index is 2.07. The monoisotopic (exact) mass is 233 g/mol. The third-order valence-electron chi connectivity index (χ3n) is 2.39. The summed E-state index contributed by atoms with van der Waals surface area (Å²) >= 11 is 0. The lowest BCUT2D eigenvalue weighted by atomic mass is 10.1. The second-order valence-corrected chi connectivity index (χ2v) is 3.79. The molecule has 2 N–H and O–H groups in total. The van der Waals surface area contributed by atoms with Gasteiger partial charge >= 0.3 is 0 Å². The third-order valence-corrected chi connectivity index (χ3v) is 2.39. The average molecular weight is 233 g/mol. The molecule has 2 aromatic rings. The van der Waals surface area contributed by atoms with Gasteiger partial charge in [-0.15, -0.1) is 10.2 Å². The van der Waals surface area contributed by atoms with Crippen LogP contribution in [0, 0.1) is 6.92 Å². The first-order valence-electron chi connectivity index (χ1n) is 5.34. The summed E-state index contributed by atoms with van der Waals surface area (Å²) in [5, 5.41) is 11.6. The van der Waals surface area contributed by atoms with Crippen molar-refractivity contribution < 1.29 is 4.74 Å². The van der Waals surface area contributed by atoms with Crippen LogP contribution >= 0.6 is 0 Å². The van der Waals surface area contributed by atoms with Gasteiger partial charge in [-0.3, -0.25) is 0 Å². The van der Waals surface area contributed by atoms with Crippen LogP contribution in [0.1, 0.15) is 17.0 Å². The summed E-state index contributed by atoms with van der Waals surface area (Å²) in [5.41, 5.74) is 7.69. The van der Waals surface area contributed by atoms with Crippen molar-refractivity contribution in [2.75, 3.05) is 0 Å². The predicted molar refractivity (Wildman–Crippen MR) is 62.2 cm³/mol. The molecule has 0 amide bonds. The van der Waals surface area contributed by atoms with E-state index in [1.807, 2.05) is 25.1 Å². The highest BCUT2D eigenvalue weighted by Crippen LogP contribution is 2.20. The molecule has 1 heterocycles. The van der Waals surface area contributed by atoms with E-state index in [4.69, 9.17) is 10.5 Å². The van der Waals surface area contributed by atoms with Crippen LogP contribution in [0.15, 0.2) is 18.2 Å². The molecule has 0 unspecified atom stereocenters. The van der Waals surface area contributed by atoms with E-state index in [1.54, 1.807) is 7.05 Å². The minimum absolute atomic E-state index is 0.308. The summed E-state index contributed by atoms with van der Waals surface area (Å²) < 4.78 is 5.64. The maximum atomic E-state index is 5.64. The van der Waals surface area contributed by atoms with E-state index in [2.05, 4.69) is 15.4 Å². The summed E-state index contributed by atoms with van der Waals surface area (Å²) in [7, 11) is 1.72. The van der Waals surface area contributed by atoms with Gasteiger partial charge in [0.2, 0.25) is 5.82 Å². The molecule has 0 atom stereocenters. The fourth-order valence-electron chi connectivity index (χ4n) is 1.45. The summed E-state index contributed by atoms with van der Waals surface area (Å²) in [5.74, 6) is 1.37. The molecule has 0 spiro atoms. The van der Waals surface area contributed by atoms with Crippen LogP contribution in [0.4, 0.5) is 0 Å². The number of aryl methyl sites for hydroxylation is 2. The number of ether oxygens (including phenoxy) is 1. The van der Waals surface area contributed by atoms with Gasteiger partial charge in [-0.05, 0) is 29.3 Å². The van der Waals surface area contributed by atoms with E-state index in [1.165, 1.54) is 4.80 Å². The van der Waals surface area contributed by atoms with Gasteiger partial charge in [-0.25, -0.2) is 0 Å². The fraction of sp³-hybridized carbons (Fsp3) is 0.364. The Hall–Kier alpha value is -1.95. The molecule has 0 aliphatic heterocycles. The van der Waals surface area contributed by atoms with E-state index in [-0.39, 0.29) is 0 Å². The van der Waals surface area contributed by atoms with Crippen molar-refractivity contribution >= 4 is 0 Å². The van der Waals surface area contributed by atoms with Gasteiger partial charge in [0.15, 0.2) is 6.61 Å². The van der Waals surface area contributed by atoms with Gasteiger partial charge in [0, 0.05) is 6.54 Å². The van der Waals surface area contributed by atoms with Crippen molar-refractivity contribution in [3.05, 3.63) is 35.2 Å². The normalized spacial score (nSPS) is 10.5. The Bertz CT molecular complexity index is 508. The van der Waals surface area contributed by atoms with Crippen LogP contribution in [0.2, 0.25) is 0 Å². The second kappa shape index (κ2) is 4.92. The van der Waals surface area contributed by atoms with Gasteiger partial charge in [-0.1, -0.05) is 12.1 Å². The minimum Gasteiger partial charge on any atom is -0.485 e. The summed E-state index contributed by atoms with van der Waals surface area (Å²) in [6.07, 6.45) is 0. The first-order chi connectivity index (χ1) is 8.19. The van der Waals surface area contributed by atoms with Crippen LogP contribution in [-0.2, 0) is 20.2 Å². The number of hydrogen-bond acceptors (Lipinski definition) is 5.